The summed E-state index contributed by atoms with van der Waals surface area (Å²) in [7, 11) is 0. The van der Waals surface area contributed by atoms with Crippen LogP contribution in [0.25, 0.3) is 0 Å². The lowest BCUT2D eigenvalue weighted by Gasteiger charge is -2.32. The molecule has 2 aromatic carbocycles. The Hall–Kier alpha value is -2.28. The molecule has 2 aromatic rings. The molecule has 2 amide bonds. The molecule has 0 unspecified atom stereocenters. The molecule has 172 valence electrons. The van der Waals surface area contributed by atoms with Crippen molar-refractivity contribution in [2.75, 3.05) is 32.7 Å². The number of benzene rings is 2. The SMILES string of the molecule is Cc1ccc(C(=O)NCC(=O)NCCCN2CCC(Oc3ccc(Cl)c(Cl)c3)CC2)cc1. The molecule has 0 bridgehead atoms. The Morgan fingerprint density at radius 2 is 1.75 bits per heavy atom. The van der Waals surface area contributed by atoms with E-state index in [9.17, 15) is 9.59 Å². The maximum absolute atomic E-state index is 12.0. The number of carbonyl (C=O) groups excluding carboxylic acids is 2. The van der Waals surface area contributed by atoms with Crippen molar-refractivity contribution in [2.45, 2.75) is 32.3 Å². The standard InChI is InChI=1S/C24H29Cl2N3O3/c1-17-3-5-18(6-4-17)24(31)28-16-23(30)27-11-2-12-29-13-9-19(10-14-29)32-20-7-8-21(25)22(26)15-20/h3-8,15,19H,2,9-14,16H2,1H3,(H,27,30)(H,28,31). The minimum absolute atomic E-state index is 0.0237. The number of hydrogen-bond donors (Lipinski definition) is 2. The number of piperidine rings is 1. The molecule has 1 aliphatic rings. The van der Waals surface area contributed by atoms with Gasteiger partial charge in [-0.25, -0.2) is 0 Å². The number of rotatable bonds is 9. The van der Waals surface area contributed by atoms with Gasteiger partial charge in [0.2, 0.25) is 5.91 Å². The number of likely N-dealkylation sites (tertiary alicyclic amines) is 1. The van der Waals surface area contributed by atoms with Gasteiger partial charge in [0.25, 0.3) is 5.91 Å². The Morgan fingerprint density at radius 1 is 1.03 bits per heavy atom. The quantitative estimate of drug-likeness (QED) is 0.533. The number of amides is 2. The molecule has 8 heteroatoms. The summed E-state index contributed by atoms with van der Waals surface area (Å²) < 4.78 is 6.02. The van der Waals surface area contributed by atoms with Crippen molar-refractivity contribution in [3.8, 4) is 5.75 Å². The molecule has 0 atom stereocenters. The molecule has 0 aliphatic carbocycles. The van der Waals surface area contributed by atoms with Gasteiger partial charge in [-0.2, -0.15) is 0 Å². The van der Waals surface area contributed by atoms with Crippen molar-refractivity contribution in [1.82, 2.24) is 15.5 Å². The molecule has 1 heterocycles. The van der Waals surface area contributed by atoms with Gasteiger partial charge >= 0.3 is 0 Å². The fourth-order valence-corrected chi connectivity index (χ4v) is 3.84. The highest BCUT2D eigenvalue weighted by atomic mass is 35.5. The minimum atomic E-state index is -0.244. The number of aryl methyl sites for hydroxylation is 1. The minimum Gasteiger partial charge on any atom is -0.490 e. The molecule has 2 N–H and O–H groups in total. The van der Waals surface area contributed by atoms with Gasteiger partial charge in [0.05, 0.1) is 16.6 Å². The van der Waals surface area contributed by atoms with E-state index in [2.05, 4.69) is 15.5 Å². The smallest absolute Gasteiger partial charge is 0.251 e. The summed E-state index contributed by atoms with van der Waals surface area (Å²) in [6.45, 7) is 5.33. The van der Waals surface area contributed by atoms with Gasteiger partial charge in [0.1, 0.15) is 11.9 Å². The molecule has 0 spiro atoms. The second-order valence-corrected chi connectivity index (χ2v) is 8.80. The van der Waals surface area contributed by atoms with Crippen LogP contribution in [0.1, 0.15) is 35.2 Å². The predicted octanol–water partition coefficient (Wildman–Crippen LogP) is 4.08. The molecule has 0 aromatic heterocycles. The maximum atomic E-state index is 12.0. The lowest BCUT2D eigenvalue weighted by molar-refractivity contribution is -0.120. The van der Waals surface area contributed by atoms with Crippen LogP contribution >= 0.6 is 23.2 Å². The number of nitrogens with one attached hydrogen (secondary N) is 2. The number of halogens is 2. The largest absolute Gasteiger partial charge is 0.490 e. The van der Waals surface area contributed by atoms with Crippen LogP contribution in [0.4, 0.5) is 0 Å². The highest BCUT2D eigenvalue weighted by Crippen LogP contribution is 2.28. The normalized spacial score (nSPS) is 14.7. The second kappa shape index (κ2) is 12.1. The molecule has 1 saturated heterocycles. The first-order chi connectivity index (χ1) is 15.4. The fraction of sp³-hybridized carbons (Fsp3) is 0.417. The number of carbonyl (C=O) groups is 2. The van der Waals surface area contributed by atoms with Crippen LogP contribution in [0.3, 0.4) is 0 Å². The third-order valence-corrected chi connectivity index (χ3v) is 6.16. The zero-order chi connectivity index (χ0) is 22.9. The van der Waals surface area contributed by atoms with Crippen LogP contribution in [0, 0.1) is 6.92 Å². The summed E-state index contributed by atoms with van der Waals surface area (Å²) in [6, 6.07) is 12.6. The van der Waals surface area contributed by atoms with Gasteiger partial charge in [-0.3, -0.25) is 9.59 Å². The van der Waals surface area contributed by atoms with Gasteiger partial charge in [-0.1, -0.05) is 40.9 Å². The van der Waals surface area contributed by atoms with Crippen molar-refractivity contribution in [1.29, 1.82) is 0 Å². The Labute approximate surface area is 199 Å². The molecular weight excluding hydrogens is 449 g/mol. The molecular formula is C24H29Cl2N3O3. The van der Waals surface area contributed by atoms with E-state index in [4.69, 9.17) is 27.9 Å². The van der Waals surface area contributed by atoms with Crippen LogP contribution < -0.4 is 15.4 Å². The molecule has 1 fully saturated rings. The Balaban J connectivity index is 1.26. The molecule has 1 aliphatic heterocycles. The fourth-order valence-electron chi connectivity index (χ4n) is 3.55. The van der Waals surface area contributed by atoms with Gasteiger partial charge in [0.15, 0.2) is 0 Å². The molecule has 3 rings (SSSR count). The first-order valence-electron chi connectivity index (χ1n) is 10.9. The molecule has 32 heavy (non-hydrogen) atoms. The van der Waals surface area contributed by atoms with Crippen LogP contribution in [-0.4, -0.2) is 55.5 Å². The van der Waals surface area contributed by atoms with Crippen molar-refractivity contribution in [3.05, 3.63) is 63.6 Å². The van der Waals surface area contributed by atoms with E-state index in [1.807, 2.05) is 25.1 Å². The van der Waals surface area contributed by atoms with E-state index < -0.39 is 0 Å². The predicted molar refractivity (Wildman–Crippen MR) is 128 cm³/mol. The van der Waals surface area contributed by atoms with Crippen molar-refractivity contribution in [2.24, 2.45) is 0 Å². The first-order valence-corrected chi connectivity index (χ1v) is 11.6. The van der Waals surface area contributed by atoms with E-state index in [1.54, 1.807) is 24.3 Å². The first kappa shape index (κ1) is 24.4. The highest BCUT2D eigenvalue weighted by molar-refractivity contribution is 6.42. The zero-order valence-electron chi connectivity index (χ0n) is 18.2. The van der Waals surface area contributed by atoms with Crippen molar-refractivity contribution < 1.29 is 14.3 Å². The van der Waals surface area contributed by atoms with E-state index in [0.29, 0.717) is 22.2 Å². The summed E-state index contributed by atoms with van der Waals surface area (Å²) in [5.41, 5.74) is 1.64. The van der Waals surface area contributed by atoms with Crippen LogP contribution in [-0.2, 0) is 4.79 Å². The monoisotopic (exact) mass is 477 g/mol. The van der Waals surface area contributed by atoms with E-state index in [-0.39, 0.29) is 24.5 Å². The Morgan fingerprint density at radius 3 is 2.44 bits per heavy atom. The van der Waals surface area contributed by atoms with Crippen LogP contribution in [0.5, 0.6) is 5.75 Å². The van der Waals surface area contributed by atoms with Gasteiger partial charge in [-0.05, 0) is 57.0 Å². The molecule has 6 nitrogen and oxygen atoms in total. The molecule has 0 radical (unpaired) electrons. The average Bonchev–Trinajstić information content (AvgIpc) is 2.79. The highest BCUT2D eigenvalue weighted by Gasteiger charge is 2.20. The number of hydrogen-bond acceptors (Lipinski definition) is 4. The topological polar surface area (TPSA) is 70.7 Å². The van der Waals surface area contributed by atoms with Gasteiger partial charge in [-0.15, -0.1) is 0 Å². The Bertz CT molecular complexity index is 913. The summed E-state index contributed by atoms with van der Waals surface area (Å²) in [4.78, 5) is 26.4. The summed E-state index contributed by atoms with van der Waals surface area (Å²) >= 11 is 12.0. The molecule has 0 saturated carbocycles. The van der Waals surface area contributed by atoms with E-state index in [1.165, 1.54) is 0 Å². The summed E-state index contributed by atoms with van der Waals surface area (Å²) in [5, 5.41) is 6.53. The van der Waals surface area contributed by atoms with Crippen LogP contribution in [0.15, 0.2) is 42.5 Å². The van der Waals surface area contributed by atoms with E-state index >= 15 is 0 Å². The van der Waals surface area contributed by atoms with E-state index in [0.717, 1.165) is 50.2 Å². The second-order valence-electron chi connectivity index (χ2n) is 7.99. The maximum Gasteiger partial charge on any atom is 0.251 e. The lowest BCUT2D eigenvalue weighted by atomic mass is 10.1. The number of ether oxygens (including phenoxy) is 1. The number of nitrogens with zero attached hydrogens (tertiary/aromatic N) is 1. The zero-order valence-corrected chi connectivity index (χ0v) is 19.7. The van der Waals surface area contributed by atoms with Crippen molar-refractivity contribution >= 4 is 35.0 Å². The Kier molecular flexibility index (Phi) is 9.21. The third kappa shape index (κ3) is 7.69. The third-order valence-electron chi connectivity index (χ3n) is 5.42. The van der Waals surface area contributed by atoms with Crippen LogP contribution in [0.2, 0.25) is 10.0 Å². The van der Waals surface area contributed by atoms with Gasteiger partial charge in [0, 0.05) is 31.3 Å². The lowest BCUT2D eigenvalue weighted by Crippen LogP contribution is -2.40. The van der Waals surface area contributed by atoms with Crippen molar-refractivity contribution in [3.63, 3.8) is 0 Å². The van der Waals surface area contributed by atoms with Gasteiger partial charge < -0.3 is 20.3 Å². The average molecular weight is 478 g/mol. The summed E-state index contributed by atoms with van der Waals surface area (Å²) in [6.07, 6.45) is 2.91. The summed E-state index contributed by atoms with van der Waals surface area (Å²) in [5.74, 6) is 0.320.